The van der Waals surface area contributed by atoms with Crippen molar-refractivity contribution in [3.63, 3.8) is 0 Å². The van der Waals surface area contributed by atoms with Crippen molar-refractivity contribution < 1.29 is 4.42 Å². The smallest absolute Gasteiger partial charge is 0.213 e. The first-order valence-electron chi connectivity index (χ1n) is 5.52. The van der Waals surface area contributed by atoms with Gasteiger partial charge in [-0.15, -0.1) is 0 Å². The van der Waals surface area contributed by atoms with Gasteiger partial charge in [0, 0.05) is 12.1 Å². The van der Waals surface area contributed by atoms with Crippen LogP contribution in [0.5, 0.6) is 0 Å². The molecule has 0 bridgehead atoms. The summed E-state index contributed by atoms with van der Waals surface area (Å²) in [7, 11) is 0. The Morgan fingerprint density at radius 3 is 2.56 bits per heavy atom. The van der Waals surface area contributed by atoms with Crippen LogP contribution in [0, 0.1) is 0 Å². The summed E-state index contributed by atoms with van der Waals surface area (Å²) in [4.78, 5) is 4.14. The molecule has 2 aromatic rings. The predicted octanol–water partition coefficient (Wildman–Crippen LogP) is 3.74. The highest BCUT2D eigenvalue weighted by molar-refractivity contribution is 6.39. The van der Waals surface area contributed by atoms with Crippen LogP contribution in [-0.4, -0.2) is 4.98 Å². The zero-order valence-corrected chi connectivity index (χ0v) is 11.3. The lowest BCUT2D eigenvalue weighted by Gasteiger charge is -2.09. The Balaban J connectivity index is 2.10. The van der Waals surface area contributed by atoms with E-state index in [1.165, 1.54) is 0 Å². The van der Waals surface area contributed by atoms with Crippen LogP contribution in [0.2, 0.25) is 10.0 Å². The second-order valence-electron chi connectivity index (χ2n) is 3.79. The van der Waals surface area contributed by atoms with Crippen molar-refractivity contribution in [3.8, 4) is 0 Å². The van der Waals surface area contributed by atoms with Gasteiger partial charge in [0.1, 0.15) is 5.76 Å². The molecule has 18 heavy (non-hydrogen) atoms. The molecular weight excluding hydrogens is 273 g/mol. The minimum atomic E-state index is 0.420. The van der Waals surface area contributed by atoms with E-state index in [0.29, 0.717) is 33.9 Å². The number of nitrogen functional groups attached to an aromatic ring is 1. The number of hydrogen-bond acceptors (Lipinski definition) is 4. The predicted molar refractivity (Wildman–Crippen MR) is 74.1 cm³/mol. The molecule has 4 nitrogen and oxygen atoms in total. The summed E-state index contributed by atoms with van der Waals surface area (Å²) < 4.78 is 5.47. The monoisotopic (exact) mass is 285 g/mol. The van der Waals surface area contributed by atoms with E-state index in [0.717, 1.165) is 12.2 Å². The van der Waals surface area contributed by atoms with Crippen LogP contribution in [-0.2, 0) is 13.0 Å². The van der Waals surface area contributed by atoms with E-state index in [-0.39, 0.29) is 0 Å². The number of rotatable bonds is 4. The number of nitrogens with zero attached hydrogens (tertiary/aromatic N) is 1. The van der Waals surface area contributed by atoms with E-state index in [1.54, 1.807) is 18.3 Å². The first-order valence-corrected chi connectivity index (χ1v) is 6.27. The number of benzene rings is 1. The van der Waals surface area contributed by atoms with Crippen molar-refractivity contribution in [2.75, 3.05) is 11.1 Å². The summed E-state index contributed by atoms with van der Waals surface area (Å²) in [5.41, 5.74) is 6.79. The Labute approximate surface area is 115 Å². The molecule has 1 aromatic carbocycles. The molecule has 0 saturated heterocycles. The fourth-order valence-corrected chi connectivity index (χ4v) is 2.16. The minimum absolute atomic E-state index is 0.420. The molecule has 0 spiro atoms. The molecule has 0 radical (unpaired) electrons. The highest BCUT2D eigenvalue weighted by atomic mass is 35.5. The molecule has 2 rings (SSSR count). The van der Waals surface area contributed by atoms with E-state index in [4.69, 9.17) is 33.4 Å². The minimum Gasteiger partial charge on any atom is -0.444 e. The highest BCUT2D eigenvalue weighted by Gasteiger charge is 2.09. The Morgan fingerprint density at radius 2 is 2.00 bits per heavy atom. The Hall–Kier alpha value is -1.39. The Kier molecular flexibility index (Phi) is 3.99. The van der Waals surface area contributed by atoms with Crippen LogP contribution in [0.3, 0.4) is 0 Å². The van der Waals surface area contributed by atoms with Crippen molar-refractivity contribution >= 4 is 34.6 Å². The van der Waals surface area contributed by atoms with Gasteiger partial charge in [-0.2, -0.15) is 0 Å². The van der Waals surface area contributed by atoms with Crippen molar-refractivity contribution in [1.82, 2.24) is 4.98 Å². The lowest BCUT2D eigenvalue weighted by atomic mass is 10.3. The van der Waals surface area contributed by atoms with E-state index in [9.17, 15) is 0 Å². The van der Waals surface area contributed by atoms with E-state index in [1.807, 2.05) is 6.92 Å². The molecule has 0 amide bonds. The molecule has 0 aliphatic rings. The maximum absolute atomic E-state index is 6.06. The average molecular weight is 286 g/mol. The van der Waals surface area contributed by atoms with Crippen LogP contribution in [0.25, 0.3) is 0 Å². The van der Waals surface area contributed by atoms with Gasteiger partial charge in [-0.25, -0.2) is 4.98 Å². The number of aromatic nitrogens is 1. The molecule has 0 unspecified atom stereocenters. The second-order valence-corrected chi connectivity index (χ2v) is 4.60. The lowest BCUT2D eigenvalue weighted by molar-refractivity contribution is 0.466. The average Bonchev–Trinajstić information content (AvgIpc) is 2.75. The van der Waals surface area contributed by atoms with Crippen molar-refractivity contribution in [2.24, 2.45) is 0 Å². The quantitative estimate of drug-likeness (QED) is 0.840. The van der Waals surface area contributed by atoms with Gasteiger partial charge in [0.25, 0.3) is 0 Å². The van der Waals surface area contributed by atoms with Crippen LogP contribution in [0.4, 0.5) is 11.4 Å². The maximum Gasteiger partial charge on any atom is 0.213 e. The van der Waals surface area contributed by atoms with Crippen LogP contribution in [0.1, 0.15) is 18.6 Å². The van der Waals surface area contributed by atoms with Gasteiger partial charge in [0.05, 0.1) is 28.5 Å². The number of oxazole rings is 1. The van der Waals surface area contributed by atoms with E-state index in [2.05, 4.69) is 10.3 Å². The molecule has 0 aliphatic heterocycles. The number of nitrogens with one attached hydrogen (secondary N) is 1. The fraction of sp³-hybridized carbons (Fsp3) is 0.250. The summed E-state index contributed by atoms with van der Waals surface area (Å²) in [5.74, 6) is 1.44. The first kappa shape index (κ1) is 13.1. The summed E-state index contributed by atoms with van der Waals surface area (Å²) in [6, 6.07) is 3.28. The Bertz CT molecular complexity index is 531. The van der Waals surface area contributed by atoms with Gasteiger partial charge in [0.2, 0.25) is 5.89 Å². The summed E-state index contributed by atoms with van der Waals surface area (Å²) >= 11 is 12.1. The molecule has 1 aromatic heterocycles. The van der Waals surface area contributed by atoms with Crippen molar-refractivity contribution in [2.45, 2.75) is 19.9 Å². The molecule has 1 heterocycles. The largest absolute Gasteiger partial charge is 0.444 e. The van der Waals surface area contributed by atoms with Gasteiger partial charge < -0.3 is 15.5 Å². The number of halogens is 2. The summed E-state index contributed by atoms with van der Waals surface area (Å²) in [5, 5.41) is 4.04. The molecule has 0 atom stereocenters. The van der Waals surface area contributed by atoms with Gasteiger partial charge in [-0.1, -0.05) is 30.1 Å². The van der Waals surface area contributed by atoms with Crippen LogP contribution in [0.15, 0.2) is 22.7 Å². The molecule has 0 aliphatic carbocycles. The number of nitrogens with two attached hydrogens (primary N) is 1. The van der Waals surface area contributed by atoms with E-state index < -0.39 is 0 Å². The highest BCUT2D eigenvalue weighted by Crippen LogP contribution is 2.33. The van der Waals surface area contributed by atoms with Crippen molar-refractivity contribution in [3.05, 3.63) is 40.0 Å². The van der Waals surface area contributed by atoms with Gasteiger partial charge >= 0.3 is 0 Å². The van der Waals surface area contributed by atoms with Crippen molar-refractivity contribution in [1.29, 1.82) is 0 Å². The number of aryl methyl sites for hydroxylation is 1. The normalized spacial score (nSPS) is 10.6. The fourth-order valence-electron chi connectivity index (χ4n) is 1.52. The summed E-state index contributed by atoms with van der Waals surface area (Å²) in [6.45, 7) is 2.43. The SMILES string of the molecule is CCc1cnc(CNc2c(Cl)cc(N)cc2Cl)o1. The Morgan fingerprint density at radius 1 is 1.33 bits per heavy atom. The number of anilines is 2. The maximum atomic E-state index is 6.06. The third-order valence-corrected chi connectivity index (χ3v) is 3.03. The molecule has 0 saturated carbocycles. The van der Waals surface area contributed by atoms with E-state index >= 15 is 0 Å². The lowest BCUT2D eigenvalue weighted by Crippen LogP contribution is -2.01. The molecular formula is C12H13Cl2N3O. The van der Waals surface area contributed by atoms with Gasteiger partial charge in [-0.3, -0.25) is 0 Å². The summed E-state index contributed by atoms with van der Waals surface area (Å²) in [6.07, 6.45) is 2.53. The molecule has 3 N–H and O–H groups in total. The third-order valence-electron chi connectivity index (χ3n) is 2.43. The topological polar surface area (TPSA) is 64.1 Å². The zero-order chi connectivity index (χ0) is 13.1. The van der Waals surface area contributed by atoms with Gasteiger partial charge in [0.15, 0.2) is 0 Å². The standard InChI is InChI=1S/C12H13Cl2N3O/c1-2-8-5-16-11(18-8)6-17-12-9(13)3-7(15)4-10(12)14/h3-5,17H,2,6,15H2,1H3. The van der Waals surface area contributed by atoms with Gasteiger partial charge in [-0.05, 0) is 12.1 Å². The third kappa shape index (κ3) is 2.89. The molecule has 0 fully saturated rings. The first-order chi connectivity index (χ1) is 8.60. The second kappa shape index (κ2) is 5.50. The molecule has 96 valence electrons. The van der Waals surface area contributed by atoms with Crippen LogP contribution >= 0.6 is 23.2 Å². The molecule has 6 heteroatoms. The van der Waals surface area contributed by atoms with Crippen LogP contribution < -0.4 is 11.1 Å². The number of hydrogen-bond donors (Lipinski definition) is 2. The zero-order valence-electron chi connectivity index (χ0n) is 9.84.